The summed E-state index contributed by atoms with van der Waals surface area (Å²) in [6, 6.07) is 0.696. The van der Waals surface area contributed by atoms with Gasteiger partial charge in [-0.25, -0.2) is 0 Å². The Hall–Kier alpha value is -1.03. The molecule has 1 aromatic heterocycles. The van der Waals surface area contributed by atoms with Crippen LogP contribution in [0.1, 0.15) is 63.7 Å². The lowest BCUT2D eigenvalue weighted by atomic mass is 9.96. The average molecular weight is 265 g/mol. The van der Waals surface area contributed by atoms with E-state index in [0.717, 1.165) is 11.7 Å². The van der Waals surface area contributed by atoms with Crippen LogP contribution < -0.4 is 10.1 Å². The second-order valence-corrected chi connectivity index (χ2v) is 5.86. The topological polar surface area (TPSA) is 39.1 Å². The number of nitrogens with zero attached hydrogens (tertiary/aromatic N) is 2. The summed E-state index contributed by atoms with van der Waals surface area (Å²) < 4.78 is 7.59. The van der Waals surface area contributed by atoms with E-state index in [1.807, 2.05) is 13.2 Å². The van der Waals surface area contributed by atoms with Gasteiger partial charge in [-0.2, -0.15) is 5.10 Å². The maximum absolute atomic E-state index is 5.50. The van der Waals surface area contributed by atoms with Gasteiger partial charge in [0.15, 0.2) is 5.75 Å². The van der Waals surface area contributed by atoms with Crippen LogP contribution in [-0.4, -0.2) is 23.9 Å². The zero-order valence-corrected chi connectivity index (χ0v) is 12.6. The molecule has 0 spiro atoms. The van der Waals surface area contributed by atoms with Gasteiger partial charge in [-0.1, -0.05) is 25.7 Å². The molecule has 2 rings (SSSR count). The summed E-state index contributed by atoms with van der Waals surface area (Å²) >= 11 is 0. The molecule has 0 radical (unpaired) electrons. The van der Waals surface area contributed by atoms with Crippen LogP contribution in [0.2, 0.25) is 0 Å². The summed E-state index contributed by atoms with van der Waals surface area (Å²) in [6.07, 6.45) is 8.55. The molecule has 1 aliphatic carbocycles. The maximum atomic E-state index is 5.50. The van der Waals surface area contributed by atoms with E-state index in [2.05, 4.69) is 28.9 Å². The van der Waals surface area contributed by atoms with Crippen molar-refractivity contribution < 1.29 is 4.74 Å². The van der Waals surface area contributed by atoms with Crippen LogP contribution in [-0.2, 0) is 0 Å². The van der Waals surface area contributed by atoms with Crippen molar-refractivity contribution in [2.45, 2.75) is 58.0 Å². The molecule has 108 valence electrons. The van der Waals surface area contributed by atoms with Crippen LogP contribution in [0.4, 0.5) is 0 Å². The zero-order valence-electron chi connectivity index (χ0n) is 12.6. The standard InChI is InChI=1S/C15H27N3O/c1-11(2)18-15(14(19-4)10-17-18)13(16-3)9-12-7-5-6-8-12/h10-13,16H,5-9H2,1-4H3. The molecule has 1 heterocycles. The van der Waals surface area contributed by atoms with Gasteiger partial charge in [-0.15, -0.1) is 0 Å². The fourth-order valence-electron chi connectivity index (χ4n) is 3.20. The molecule has 1 N–H and O–H groups in total. The van der Waals surface area contributed by atoms with Crippen LogP contribution in [0, 0.1) is 5.92 Å². The number of ether oxygens (including phenoxy) is 1. The number of aromatic nitrogens is 2. The third-order valence-electron chi connectivity index (χ3n) is 4.23. The van der Waals surface area contributed by atoms with Crippen molar-refractivity contribution in [1.82, 2.24) is 15.1 Å². The molecule has 1 atom stereocenters. The predicted octanol–water partition coefficient (Wildman–Crippen LogP) is 3.31. The summed E-state index contributed by atoms with van der Waals surface area (Å²) in [5.41, 5.74) is 1.20. The first-order valence-electron chi connectivity index (χ1n) is 7.46. The predicted molar refractivity (Wildman–Crippen MR) is 77.5 cm³/mol. The van der Waals surface area contributed by atoms with Crippen molar-refractivity contribution in [3.8, 4) is 5.75 Å². The summed E-state index contributed by atoms with van der Waals surface area (Å²) in [4.78, 5) is 0. The van der Waals surface area contributed by atoms with Gasteiger partial charge in [-0.3, -0.25) is 4.68 Å². The van der Waals surface area contributed by atoms with Crippen molar-refractivity contribution in [1.29, 1.82) is 0 Å². The molecule has 0 saturated heterocycles. The molecule has 1 unspecified atom stereocenters. The van der Waals surface area contributed by atoms with Gasteiger partial charge in [0.25, 0.3) is 0 Å². The third-order valence-corrected chi connectivity index (χ3v) is 4.23. The van der Waals surface area contributed by atoms with Crippen molar-refractivity contribution >= 4 is 0 Å². The molecule has 4 heteroatoms. The van der Waals surface area contributed by atoms with Gasteiger partial charge < -0.3 is 10.1 Å². The van der Waals surface area contributed by atoms with Gasteiger partial charge >= 0.3 is 0 Å². The number of methoxy groups -OCH3 is 1. The SMILES string of the molecule is CNC(CC1CCCC1)c1c(OC)cnn1C(C)C. The molecule has 0 bridgehead atoms. The van der Waals surface area contributed by atoms with Crippen LogP contribution in [0.25, 0.3) is 0 Å². The van der Waals surface area contributed by atoms with Crippen molar-refractivity contribution in [3.63, 3.8) is 0 Å². The number of rotatable bonds is 6. The first-order chi connectivity index (χ1) is 9.17. The Morgan fingerprint density at radius 2 is 2.11 bits per heavy atom. The molecule has 0 aliphatic heterocycles. The van der Waals surface area contributed by atoms with Gasteiger partial charge in [0.1, 0.15) is 0 Å². The highest BCUT2D eigenvalue weighted by Crippen LogP contribution is 2.36. The Bertz CT molecular complexity index is 394. The van der Waals surface area contributed by atoms with E-state index in [1.165, 1.54) is 37.8 Å². The summed E-state index contributed by atoms with van der Waals surface area (Å²) in [6.45, 7) is 4.33. The van der Waals surface area contributed by atoms with E-state index >= 15 is 0 Å². The Morgan fingerprint density at radius 1 is 1.42 bits per heavy atom. The fourth-order valence-corrected chi connectivity index (χ4v) is 3.20. The Kier molecular flexibility index (Phi) is 4.86. The molecule has 0 aromatic carbocycles. The second-order valence-electron chi connectivity index (χ2n) is 5.86. The summed E-state index contributed by atoms with van der Waals surface area (Å²) in [5.74, 6) is 1.75. The van der Waals surface area contributed by atoms with Gasteiger partial charge in [0.05, 0.1) is 25.0 Å². The van der Waals surface area contributed by atoms with Crippen LogP contribution in [0.3, 0.4) is 0 Å². The first kappa shape index (κ1) is 14.4. The largest absolute Gasteiger partial charge is 0.493 e. The minimum atomic E-state index is 0.336. The Labute approximate surface area is 116 Å². The molecule has 1 aromatic rings. The second kappa shape index (κ2) is 6.42. The van der Waals surface area contributed by atoms with Crippen molar-refractivity contribution in [3.05, 3.63) is 11.9 Å². The lowest BCUT2D eigenvalue weighted by Crippen LogP contribution is -2.24. The van der Waals surface area contributed by atoms with E-state index in [9.17, 15) is 0 Å². The smallest absolute Gasteiger partial charge is 0.161 e. The molecular weight excluding hydrogens is 238 g/mol. The molecule has 0 amide bonds. The van der Waals surface area contributed by atoms with Crippen LogP contribution in [0.5, 0.6) is 5.75 Å². The molecule has 1 aliphatic rings. The van der Waals surface area contributed by atoms with Gasteiger partial charge in [0, 0.05) is 6.04 Å². The normalized spacial score (nSPS) is 18.2. The number of nitrogens with one attached hydrogen (secondary N) is 1. The van der Waals surface area contributed by atoms with Crippen LogP contribution in [0.15, 0.2) is 6.20 Å². The maximum Gasteiger partial charge on any atom is 0.161 e. The quantitative estimate of drug-likeness (QED) is 0.857. The Morgan fingerprint density at radius 3 is 2.63 bits per heavy atom. The lowest BCUT2D eigenvalue weighted by Gasteiger charge is -2.23. The molecule has 1 saturated carbocycles. The van der Waals surface area contributed by atoms with Gasteiger partial charge in [-0.05, 0) is 33.2 Å². The molecular formula is C15H27N3O. The lowest BCUT2D eigenvalue weighted by molar-refractivity contribution is 0.355. The van der Waals surface area contributed by atoms with E-state index in [4.69, 9.17) is 4.74 Å². The minimum Gasteiger partial charge on any atom is -0.493 e. The number of hydrogen-bond acceptors (Lipinski definition) is 3. The Balaban J connectivity index is 2.22. The highest BCUT2D eigenvalue weighted by atomic mass is 16.5. The first-order valence-corrected chi connectivity index (χ1v) is 7.46. The monoisotopic (exact) mass is 265 g/mol. The fraction of sp³-hybridized carbons (Fsp3) is 0.800. The van der Waals surface area contributed by atoms with Crippen molar-refractivity contribution in [2.24, 2.45) is 5.92 Å². The minimum absolute atomic E-state index is 0.336. The van der Waals surface area contributed by atoms with Crippen LogP contribution >= 0.6 is 0 Å². The molecule has 19 heavy (non-hydrogen) atoms. The summed E-state index contributed by atoms with van der Waals surface area (Å²) in [7, 11) is 3.77. The van der Waals surface area contributed by atoms with Crippen molar-refractivity contribution in [2.75, 3.05) is 14.2 Å². The third kappa shape index (κ3) is 3.11. The molecule has 4 nitrogen and oxygen atoms in total. The van der Waals surface area contributed by atoms with E-state index in [-0.39, 0.29) is 0 Å². The average Bonchev–Trinajstić information content (AvgIpc) is 3.04. The molecule has 1 fully saturated rings. The zero-order chi connectivity index (χ0) is 13.8. The highest BCUT2D eigenvalue weighted by Gasteiger charge is 2.26. The van der Waals surface area contributed by atoms with Gasteiger partial charge in [0.2, 0.25) is 0 Å². The highest BCUT2D eigenvalue weighted by molar-refractivity contribution is 5.29. The number of hydrogen-bond donors (Lipinski definition) is 1. The van der Waals surface area contributed by atoms with E-state index in [0.29, 0.717) is 12.1 Å². The van der Waals surface area contributed by atoms with E-state index < -0.39 is 0 Å². The summed E-state index contributed by atoms with van der Waals surface area (Å²) in [5, 5.41) is 7.94. The van der Waals surface area contributed by atoms with E-state index in [1.54, 1.807) is 7.11 Å².